The molecule has 0 saturated heterocycles. The molecule has 1 aromatic carbocycles. The lowest BCUT2D eigenvalue weighted by molar-refractivity contribution is -0.114. The highest BCUT2D eigenvalue weighted by Gasteiger charge is 2.36. The molecule has 0 N–H and O–H groups in total. The van der Waals surface area contributed by atoms with Crippen molar-refractivity contribution in [2.24, 2.45) is 0 Å². The third-order valence-electron chi connectivity index (χ3n) is 3.23. The topological polar surface area (TPSA) is 68.1 Å². The van der Waals surface area contributed by atoms with Crippen molar-refractivity contribution in [2.75, 3.05) is 4.90 Å². The van der Waals surface area contributed by atoms with Crippen molar-refractivity contribution >= 4 is 29.0 Å². The van der Waals surface area contributed by atoms with Crippen molar-refractivity contribution in [1.29, 1.82) is 0 Å². The monoisotopic (exact) mass is 290 g/mol. The SMILES string of the molecule is CCn1ncnc1CN1C(=O)C(=O)c2ccc(Cl)cc21. The largest absolute Gasteiger partial charge is 0.299 e. The second kappa shape index (κ2) is 4.72. The molecule has 1 aliphatic rings. The van der Waals surface area contributed by atoms with Crippen molar-refractivity contribution in [3.63, 3.8) is 0 Å². The first kappa shape index (κ1) is 12.8. The van der Waals surface area contributed by atoms with Gasteiger partial charge < -0.3 is 0 Å². The van der Waals surface area contributed by atoms with E-state index in [4.69, 9.17) is 11.6 Å². The number of nitrogens with zero attached hydrogens (tertiary/aromatic N) is 4. The van der Waals surface area contributed by atoms with Gasteiger partial charge in [0.1, 0.15) is 12.2 Å². The predicted molar refractivity (Wildman–Crippen MR) is 72.7 cm³/mol. The van der Waals surface area contributed by atoms with Gasteiger partial charge in [0.2, 0.25) is 0 Å². The lowest BCUT2D eigenvalue weighted by Crippen LogP contribution is -2.30. The van der Waals surface area contributed by atoms with E-state index >= 15 is 0 Å². The number of aromatic nitrogens is 3. The van der Waals surface area contributed by atoms with Crippen LogP contribution in [0.2, 0.25) is 5.02 Å². The zero-order valence-electron chi connectivity index (χ0n) is 10.7. The first-order chi connectivity index (χ1) is 9.61. The number of fused-ring (bicyclic) bond motifs is 1. The zero-order chi connectivity index (χ0) is 14.3. The van der Waals surface area contributed by atoms with E-state index in [2.05, 4.69) is 10.1 Å². The van der Waals surface area contributed by atoms with Gasteiger partial charge in [-0.3, -0.25) is 14.5 Å². The van der Waals surface area contributed by atoms with Crippen LogP contribution in [-0.4, -0.2) is 26.5 Å². The Hall–Kier alpha value is -2.21. The van der Waals surface area contributed by atoms with Crippen LogP contribution in [0.4, 0.5) is 5.69 Å². The standard InChI is InChI=1S/C13H11ClN4O2/c1-2-18-11(15-7-16-18)6-17-10-5-8(14)3-4-9(10)12(19)13(17)20/h3-5,7H,2,6H2,1H3. The van der Waals surface area contributed by atoms with Crippen molar-refractivity contribution in [1.82, 2.24) is 14.8 Å². The Balaban J connectivity index is 2.01. The van der Waals surface area contributed by atoms with Crippen LogP contribution in [0.5, 0.6) is 0 Å². The molecule has 0 bridgehead atoms. The number of Topliss-reactive ketones (excluding diaryl/α,β-unsaturated/α-hetero) is 1. The van der Waals surface area contributed by atoms with Gasteiger partial charge in [0.25, 0.3) is 11.7 Å². The van der Waals surface area contributed by atoms with Gasteiger partial charge in [-0.2, -0.15) is 5.10 Å². The van der Waals surface area contributed by atoms with E-state index < -0.39 is 11.7 Å². The summed E-state index contributed by atoms with van der Waals surface area (Å²) in [4.78, 5) is 29.5. The third-order valence-corrected chi connectivity index (χ3v) is 3.46. The van der Waals surface area contributed by atoms with Gasteiger partial charge in [-0.05, 0) is 25.1 Å². The van der Waals surface area contributed by atoms with E-state index in [1.54, 1.807) is 22.9 Å². The summed E-state index contributed by atoms with van der Waals surface area (Å²) in [6.45, 7) is 2.78. The zero-order valence-corrected chi connectivity index (χ0v) is 11.5. The van der Waals surface area contributed by atoms with Crippen LogP contribution in [0.3, 0.4) is 0 Å². The van der Waals surface area contributed by atoms with E-state index in [-0.39, 0.29) is 6.54 Å². The van der Waals surface area contributed by atoms with Crippen LogP contribution in [0.25, 0.3) is 0 Å². The second-order valence-corrected chi connectivity index (χ2v) is 4.81. The third kappa shape index (κ3) is 1.89. The first-order valence-electron chi connectivity index (χ1n) is 6.14. The van der Waals surface area contributed by atoms with Gasteiger partial charge in [-0.15, -0.1) is 0 Å². The average Bonchev–Trinajstić information content (AvgIpc) is 2.98. The van der Waals surface area contributed by atoms with Gasteiger partial charge in [-0.25, -0.2) is 9.67 Å². The van der Waals surface area contributed by atoms with Crippen molar-refractivity contribution in [3.05, 3.63) is 40.9 Å². The molecule has 0 spiro atoms. The number of anilines is 1. The maximum atomic E-state index is 12.1. The van der Waals surface area contributed by atoms with Crippen LogP contribution < -0.4 is 4.90 Å². The Bertz CT molecular complexity index is 710. The van der Waals surface area contributed by atoms with Crippen LogP contribution in [0.1, 0.15) is 23.1 Å². The summed E-state index contributed by atoms with van der Waals surface area (Å²) in [5.41, 5.74) is 0.903. The minimum Gasteiger partial charge on any atom is -0.297 e. The second-order valence-electron chi connectivity index (χ2n) is 4.37. The molecule has 20 heavy (non-hydrogen) atoms. The number of hydrogen-bond donors (Lipinski definition) is 0. The molecule has 0 fully saturated rings. The van der Waals surface area contributed by atoms with Crippen molar-refractivity contribution < 1.29 is 9.59 Å². The first-order valence-corrected chi connectivity index (χ1v) is 6.52. The molecule has 1 aromatic heterocycles. The highest BCUT2D eigenvalue weighted by molar-refractivity contribution is 6.52. The minimum absolute atomic E-state index is 0.200. The number of ketones is 1. The highest BCUT2D eigenvalue weighted by atomic mass is 35.5. The number of carbonyl (C=O) groups is 2. The maximum Gasteiger partial charge on any atom is 0.299 e. The summed E-state index contributed by atoms with van der Waals surface area (Å²) in [7, 11) is 0. The van der Waals surface area contributed by atoms with E-state index in [0.29, 0.717) is 28.6 Å². The van der Waals surface area contributed by atoms with Crippen LogP contribution >= 0.6 is 11.6 Å². The number of benzene rings is 1. The maximum absolute atomic E-state index is 12.1. The molecular formula is C13H11ClN4O2. The molecule has 0 saturated carbocycles. The number of amides is 1. The van der Waals surface area contributed by atoms with Crippen molar-refractivity contribution in [3.8, 4) is 0 Å². The minimum atomic E-state index is -0.562. The fourth-order valence-corrected chi connectivity index (χ4v) is 2.41. The summed E-state index contributed by atoms with van der Waals surface area (Å²) in [6, 6.07) is 4.79. The summed E-state index contributed by atoms with van der Waals surface area (Å²) >= 11 is 5.94. The van der Waals surface area contributed by atoms with Gasteiger partial charge in [0.15, 0.2) is 0 Å². The lowest BCUT2D eigenvalue weighted by atomic mass is 10.1. The molecule has 0 radical (unpaired) electrons. The van der Waals surface area contributed by atoms with Gasteiger partial charge in [0, 0.05) is 11.6 Å². The van der Waals surface area contributed by atoms with Gasteiger partial charge >= 0.3 is 0 Å². The quantitative estimate of drug-likeness (QED) is 0.807. The summed E-state index contributed by atoms with van der Waals surface area (Å²) in [6.07, 6.45) is 1.43. The molecule has 0 aliphatic carbocycles. The molecule has 7 heteroatoms. The number of halogens is 1. The lowest BCUT2D eigenvalue weighted by Gasteiger charge is -2.16. The molecule has 6 nitrogen and oxygen atoms in total. The van der Waals surface area contributed by atoms with Crippen LogP contribution in [0, 0.1) is 0 Å². The number of aryl methyl sites for hydroxylation is 1. The molecule has 0 unspecified atom stereocenters. The molecule has 0 atom stereocenters. The number of hydrogen-bond acceptors (Lipinski definition) is 4. The molecule has 3 rings (SSSR count). The van der Waals surface area contributed by atoms with E-state index in [1.807, 2.05) is 6.92 Å². The van der Waals surface area contributed by atoms with E-state index in [9.17, 15) is 9.59 Å². The number of rotatable bonds is 3. The van der Waals surface area contributed by atoms with Crippen molar-refractivity contribution in [2.45, 2.75) is 20.0 Å². The van der Waals surface area contributed by atoms with Gasteiger partial charge in [-0.1, -0.05) is 11.6 Å². The molecule has 2 heterocycles. The Morgan fingerprint density at radius 2 is 2.10 bits per heavy atom. The Morgan fingerprint density at radius 3 is 2.85 bits per heavy atom. The van der Waals surface area contributed by atoms with Crippen LogP contribution in [0.15, 0.2) is 24.5 Å². The molecular weight excluding hydrogens is 280 g/mol. The highest BCUT2D eigenvalue weighted by Crippen LogP contribution is 2.32. The van der Waals surface area contributed by atoms with E-state index in [0.717, 1.165) is 0 Å². The summed E-state index contributed by atoms with van der Waals surface area (Å²) < 4.78 is 1.68. The molecule has 2 aromatic rings. The van der Waals surface area contributed by atoms with Gasteiger partial charge in [0.05, 0.1) is 17.8 Å². The Labute approximate surface area is 120 Å². The fourth-order valence-electron chi connectivity index (χ4n) is 2.24. The Kier molecular flexibility index (Phi) is 3.02. The van der Waals surface area contributed by atoms with Crippen LogP contribution in [-0.2, 0) is 17.9 Å². The molecule has 1 amide bonds. The predicted octanol–water partition coefficient (Wildman–Crippen LogP) is 1.68. The molecule has 102 valence electrons. The Morgan fingerprint density at radius 1 is 1.30 bits per heavy atom. The molecule has 1 aliphatic heterocycles. The van der Waals surface area contributed by atoms with E-state index in [1.165, 1.54) is 11.2 Å². The fraction of sp³-hybridized carbons (Fsp3) is 0.231. The average molecular weight is 291 g/mol. The number of carbonyl (C=O) groups excluding carboxylic acids is 2. The summed E-state index contributed by atoms with van der Waals surface area (Å²) in [5.74, 6) is -0.450. The smallest absolute Gasteiger partial charge is 0.297 e. The summed E-state index contributed by atoms with van der Waals surface area (Å²) in [5, 5.41) is 4.53. The normalized spacial score (nSPS) is 14.0.